The van der Waals surface area contributed by atoms with E-state index >= 15 is 0 Å². The number of fused-ring (bicyclic) bond motifs is 2. The van der Waals surface area contributed by atoms with Crippen LogP contribution >= 0.6 is 0 Å². The summed E-state index contributed by atoms with van der Waals surface area (Å²) >= 11 is 0. The predicted octanol–water partition coefficient (Wildman–Crippen LogP) is 5.03. The molecule has 1 spiro atoms. The molecule has 1 aromatic carbocycles. The van der Waals surface area contributed by atoms with Crippen LogP contribution in [0.5, 0.6) is 0 Å². The molecule has 3 fully saturated rings. The molecule has 4 nitrogen and oxygen atoms in total. The van der Waals surface area contributed by atoms with Gasteiger partial charge in [0, 0.05) is 43.5 Å². The second kappa shape index (κ2) is 7.80. The Morgan fingerprint density at radius 2 is 1.94 bits per heavy atom. The van der Waals surface area contributed by atoms with Crippen molar-refractivity contribution in [3.8, 4) is 0 Å². The fourth-order valence-electron chi connectivity index (χ4n) is 7.23. The summed E-state index contributed by atoms with van der Waals surface area (Å²) in [4.78, 5) is 22.4. The average Bonchev–Trinajstić information content (AvgIpc) is 3.54. The summed E-state index contributed by atoms with van der Waals surface area (Å²) in [7, 11) is 0. The fraction of sp³-hybridized carbons (Fsp3) is 0.556. The summed E-state index contributed by atoms with van der Waals surface area (Å²) in [6.45, 7) is 4.52. The number of rotatable bonds is 2. The molecule has 0 N–H and O–H groups in total. The molecule has 6 rings (SSSR count). The Morgan fingerprint density at radius 3 is 2.71 bits per heavy atom. The lowest BCUT2D eigenvalue weighted by atomic mass is 9.73. The summed E-state index contributed by atoms with van der Waals surface area (Å²) in [5.74, 6) is 0.869. The highest BCUT2D eigenvalue weighted by molar-refractivity contribution is 5.87. The number of pyridine rings is 1. The molecule has 4 heterocycles. The third-order valence-electron chi connectivity index (χ3n) is 9.20. The van der Waals surface area contributed by atoms with Crippen LogP contribution in [-0.2, 0) is 23.9 Å². The first kappa shape index (κ1) is 22.1. The van der Waals surface area contributed by atoms with Crippen molar-refractivity contribution in [3.63, 3.8) is 0 Å². The molecule has 1 saturated carbocycles. The van der Waals surface area contributed by atoms with E-state index in [0.29, 0.717) is 29.6 Å². The van der Waals surface area contributed by atoms with Crippen LogP contribution in [0.1, 0.15) is 60.9 Å². The summed E-state index contributed by atoms with van der Waals surface area (Å²) in [5, 5.41) is 0. The maximum Gasteiger partial charge on any atom is 0.417 e. The smallest absolute Gasteiger partial charge is 0.334 e. The molecular weight excluding hydrogens is 439 g/mol. The predicted molar refractivity (Wildman–Crippen MR) is 122 cm³/mol. The van der Waals surface area contributed by atoms with Crippen molar-refractivity contribution in [2.45, 2.75) is 69.8 Å². The minimum Gasteiger partial charge on any atom is -0.334 e. The van der Waals surface area contributed by atoms with Crippen LogP contribution in [0.3, 0.4) is 0 Å². The van der Waals surface area contributed by atoms with E-state index in [1.165, 1.54) is 11.6 Å². The van der Waals surface area contributed by atoms with Crippen LogP contribution in [-0.4, -0.2) is 45.9 Å². The molecule has 34 heavy (non-hydrogen) atoms. The van der Waals surface area contributed by atoms with Crippen molar-refractivity contribution in [1.29, 1.82) is 0 Å². The molecule has 1 amide bonds. The second-order valence-corrected chi connectivity index (χ2v) is 10.8. The van der Waals surface area contributed by atoms with Crippen molar-refractivity contribution in [2.24, 2.45) is 11.3 Å². The second-order valence-electron chi connectivity index (χ2n) is 10.8. The Kier molecular flexibility index (Phi) is 5.07. The molecule has 3 unspecified atom stereocenters. The maximum atomic E-state index is 13.8. The normalized spacial score (nSPS) is 33.5. The number of aromatic nitrogens is 1. The maximum absolute atomic E-state index is 13.8. The Balaban J connectivity index is 1.19. The van der Waals surface area contributed by atoms with E-state index in [1.54, 1.807) is 0 Å². The summed E-state index contributed by atoms with van der Waals surface area (Å²) in [6, 6.07) is 12.3. The van der Waals surface area contributed by atoms with E-state index in [9.17, 15) is 18.0 Å². The molecule has 0 bridgehead atoms. The lowest BCUT2D eigenvalue weighted by Crippen LogP contribution is -2.40. The van der Waals surface area contributed by atoms with Crippen molar-refractivity contribution >= 4 is 5.91 Å². The molecule has 5 atom stereocenters. The molecular formula is C27H30F3N3O. The van der Waals surface area contributed by atoms with Gasteiger partial charge in [-0.15, -0.1) is 0 Å². The SMILES string of the molecule is CC1C2Cc3ncc(C(F)(F)F)cc3CN2C(=O)[C@]12CC[C@@H](N1CCC(c3ccccc3)C1)C2. The van der Waals surface area contributed by atoms with Gasteiger partial charge in [0.2, 0.25) is 5.91 Å². The van der Waals surface area contributed by atoms with Crippen LogP contribution < -0.4 is 0 Å². The van der Waals surface area contributed by atoms with Crippen LogP contribution in [0.2, 0.25) is 0 Å². The van der Waals surface area contributed by atoms with Gasteiger partial charge < -0.3 is 4.90 Å². The van der Waals surface area contributed by atoms with Crippen LogP contribution in [0.4, 0.5) is 13.2 Å². The van der Waals surface area contributed by atoms with Gasteiger partial charge >= 0.3 is 6.18 Å². The molecule has 1 aromatic heterocycles. The highest BCUT2D eigenvalue weighted by atomic mass is 19.4. The zero-order valence-electron chi connectivity index (χ0n) is 19.4. The molecule has 0 radical (unpaired) electrons. The van der Waals surface area contributed by atoms with Gasteiger partial charge in [-0.1, -0.05) is 37.3 Å². The van der Waals surface area contributed by atoms with E-state index in [1.807, 2.05) is 4.90 Å². The Bertz CT molecular complexity index is 1100. The van der Waals surface area contributed by atoms with Crippen molar-refractivity contribution in [3.05, 3.63) is 65.0 Å². The molecule has 2 aromatic rings. The highest BCUT2D eigenvalue weighted by Crippen LogP contribution is 2.55. The minimum absolute atomic E-state index is 0.0265. The van der Waals surface area contributed by atoms with E-state index in [-0.39, 0.29) is 24.4 Å². The first-order valence-corrected chi connectivity index (χ1v) is 12.4. The monoisotopic (exact) mass is 469 g/mol. The van der Waals surface area contributed by atoms with E-state index in [4.69, 9.17) is 0 Å². The van der Waals surface area contributed by atoms with Crippen molar-refractivity contribution < 1.29 is 18.0 Å². The minimum atomic E-state index is -4.42. The zero-order valence-corrected chi connectivity index (χ0v) is 19.4. The largest absolute Gasteiger partial charge is 0.417 e. The third-order valence-corrected chi connectivity index (χ3v) is 9.20. The fourth-order valence-corrected chi connectivity index (χ4v) is 7.23. The summed E-state index contributed by atoms with van der Waals surface area (Å²) in [6.07, 6.45) is 0.957. The van der Waals surface area contributed by atoms with E-state index < -0.39 is 17.2 Å². The Morgan fingerprint density at radius 1 is 1.15 bits per heavy atom. The van der Waals surface area contributed by atoms with Crippen LogP contribution in [0, 0.1) is 11.3 Å². The third kappa shape index (κ3) is 3.38. The molecule has 2 saturated heterocycles. The highest BCUT2D eigenvalue weighted by Gasteiger charge is 2.61. The number of hydrogen-bond acceptors (Lipinski definition) is 3. The van der Waals surface area contributed by atoms with Crippen molar-refractivity contribution in [1.82, 2.24) is 14.8 Å². The number of carbonyl (C=O) groups is 1. The van der Waals surface area contributed by atoms with E-state index in [2.05, 4.69) is 47.1 Å². The zero-order chi connectivity index (χ0) is 23.7. The topological polar surface area (TPSA) is 36.4 Å². The van der Waals surface area contributed by atoms with Gasteiger partial charge in [0.05, 0.1) is 11.0 Å². The lowest BCUT2D eigenvalue weighted by Gasteiger charge is -2.33. The average molecular weight is 470 g/mol. The molecule has 7 heteroatoms. The van der Waals surface area contributed by atoms with Gasteiger partial charge in [-0.25, -0.2) is 0 Å². The molecule has 3 aliphatic heterocycles. The van der Waals surface area contributed by atoms with Gasteiger partial charge in [0.15, 0.2) is 0 Å². The Labute approximate surface area is 198 Å². The van der Waals surface area contributed by atoms with Crippen LogP contribution in [0.25, 0.3) is 0 Å². The Hall–Kier alpha value is -2.41. The summed E-state index contributed by atoms with van der Waals surface area (Å²) < 4.78 is 39.6. The van der Waals surface area contributed by atoms with Crippen molar-refractivity contribution in [2.75, 3.05) is 13.1 Å². The van der Waals surface area contributed by atoms with Crippen LogP contribution in [0.15, 0.2) is 42.6 Å². The number of alkyl halides is 3. The first-order chi connectivity index (χ1) is 16.3. The van der Waals surface area contributed by atoms with Gasteiger partial charge in [-0.2, -0.15) is 13.2 Å². The molecule has 4 aliphatic rings. The molecule has 1 aliphatic carbocycles. The van der Waals surface area contributed by atoms with Gasteiger partial charge in [-0.3, -0.25) is 14.7 Å². The number of hydrogen-bond donors (Lipinski definition) is 0. The first-order valence-electron chi connectivity index (χ1n) is 12.4. The number of halogens is 3. The number of nitrogens with zero attached hydrogens (tertiary/aromatic N) is 3. The summed E-state index contributed by atoms with van der Waals surface area (Å²) in [5.41, 5.74) is 1.52. The van der Waals surface area contributed by atoms with Gasteiger partial charge in [0.1, 0.15) is 0 Å². The quantitative estimate of drug-likeness (QED) is 0.619. The molecule has 180 valence electrons. The number of likely N-dealkylation sites (tertiary alicyclic amines) is 1. The van der Waals surface area contributed by atoms with Gasteiger partial charge in [-0.05, 0) is 61.3 Å². The van der Waals surface area contributed by atoms with E-state index in [0.717, 1.165) is 45.0 Å². The lowest BCUT2D eigenvalue weighted by molar-refractivity contribution is -0.138. The standard InChI is InChI=1S/C27H30F3N3O/c1-17-24-12-23-20(11-21(14-31-23)27(28,29)30)16-33(24)25(34)26(17)9-7-22(13-26)32-10-8-19(15-32)18-5-3-2-4-6-18/h2-6,11,14,17,19,22,24H,7-10,12-13,15-16H2,1H3/t17?,19?,22-,24?,26+/m1/s1. The number of benzene rings is 1. The number of amides is 1. The number of carbonyl (C=O) groups excluding carboxylic acids is 1. The van der Waals surface area contributed by atoms with Gasteiger partial charge in [0.25, 0.3) is 0 Å².